The molecule has 2 heterocycles. The minimum Gasteiger partial charge on any atom is -0.367 e. The predicted octanol–water partition coefficient (Wildman–Crippen LogP) is 0.728. The molecule has 0 aliphatic carbocycles. The van der Waals surface area contributed by atoms with Crippen LogP contribution in [0.25, 0.3) is 0 Å². The first-order valence-electron chi connectivity index (χ1n) is 5.92. The molecule has 5 heteroatoms. The third-order valence-electron chi connectivity index (χ3n) is 2.85. The number of rotatable bonds is 2. The van der Waals surface area contributed by atoms with Crippen LogP contribution in [0.5, 0.6) is 0 Å². The van der Waals surface area contributed by atoms with Crippen LogP contribution in [0.1, 0.15) is 19.4 Å². The van der Waals surface area contributed by atoms with Gasteiger partial charge in [-0.15, -0.1) is 5.10 Å². The quantitative estimate of drug-likeness (QED) is 0.820. The molecule has 1 aromatic heterocycles. The lowest BCUT2D eigenvalue weighted by molar-refractivity contribution is -0.0790. The highest BCUT2D eigenvalue weighted by molar-refractivity contribution is 5.40. The third-order valence-corrected chi connectivity index (χ3v) is 2.85. The summed E-state index contributed by atoms with van der Waals surface area (Å²) in [6.07, 6.45) is 1.82. The minimum atomic E-state index is -0.201. The van der Waals surface area contributed by atoms with Crippen molar-refractivity contribution in [2.24, 2.45) is 5.73 Å². The molecule has 17 heavy (non-hydrogen) atoms. The molecule has 2 rings (SSSR count). The molecule has 1 fully saturated rings. The second kappa shape index (κ2) is 4.58. The van der Waals surface area contributed by atoms with Crippen molar-refractivity contribution < 1.29 is 4.74 Å². The zero-order chi connectivity index (χ0) is 12.5. The van der Waals surface area contributed by atoms with E-state index in [4.69, 9.17) is 10.5 Å². The standard InChI is InChI=1S/C12H20N4O/c1-9-4-11(15-14-6-9)16-7-10(5-13)17-12(2,3)8-16/h4,6,10H,5,7-8,13H2,1-3H3. The molecule has 0 radical (unpaired) electrons. The van der Waals surface area contributed by atoms with Gasteiger partial charge in [0.2, 0.25) is 0 Å². The summed E-state index contributed by atoms with van der Waals surface area (Å²) in [6, 6.07) is 2.04. The van der Waals surface area contributed by atoms with Gasteiger partial charge >= 0.3 is 0 Å². The molecule has 0 amide bonds. The zero-order valence-electron chi connectivity index (χ0n) is 10.7. The average Bonchev–Trinajstić information content (AvgIpc) is 2.27. The number of aryl methyl sites for hydroxylation is 1. The Balaban J connectivity index is 2.20. The summed E-state index contributed by atoms with van der Waals surface area (Å²) in [5.41, 5.74) is 6.62. The molecule has 0 aromatic carbocycles. The lowest BCUT2D eigenvalue weighted by atomic mass is 10.1. The van der Waals surface area contributed by atoms with Crippen molar-refractivity contribution in [2.75, 3.05) is 24.5 Å². The molecule has 1 aromatic rings. The lowest BCUT2D eigenvalue weighted by Gasteiger charge is -2.42. The Kier molecular flexibility index (Phi) is 3.31. The van der Waals surface area contributed by atoms with Gasteiger partial charge in [-0.3, -0.25) is 0 Å². The SMILES string of the molecule is Cc1cnnc(N2CC(CN)OC(C)(C)C2)c1. The average molecular weight is 236 g/mol. The van der Waals surface area contributed by atoms with Crippen molar-refractivity contribution in [1.82, 2.24) is 10.2 Å². The van der Waals surface area contributed by atoms with E-state index in [9.17, 15) is 0 Å². The Morgan fingerprint density at radius 2 is 2.35 bits per heavy atom. The summed E-state index contributed by atoms with van der Waals surface area (Å²) in [6.45, 7) is 8.28. The Labute approximate surface area is 102 Å². The monoisotopic (exact) mass is 236 g/mol. The van der Waals surface area contributed by atoms with Gasteiger partial charge in [0.15, 0.2) is 5.82 Å². The highest BCUT2D eigenvalue weighted by Crippen LogP contribution is 2.24. The van der Waals surface area contributed by atoms with Crippen LogP contribution in [0, 0.1) is 6.92 Å². The molecule has 0 spiro atoms. The zero-order valence-corrected chi connectivity index (χ0v) is 10.7. The van der Waals surface area contributed by atoms with Crippen molar-refractivity contribution in [1.29, 1.82) is 0 Å². The van der Waals surface area contributed by atoms with Gasteiger partial charge in [0.25, 0.3) is 0 Å². The fourth-order valence-corrected chi connectivity index (χ4v) is 2.20. The van der Waals surface area contributed by atoms with Crippen molar-refractivity contribution in [2.45, 2.75) is 32.5 Å². The summed E-state index contributed by atoms with van der Waals surface area (Å²) in [7, 11) is 0. The van der Waals surface area contributed by atoms with E-state index >= 15 is 0 Å². The van der Waals surface area contributed by atoms with Crippen LogP contribution in [-0.4, -0.2) is 41.5 Å². The number of morpholine rings is 1. The number of aromatic nitrogens is 2. The Morgan fingerprint density at radius 1 is 1.59 bits per heavy atom. The number of anilines is 1. The Morgan fingerprint density at radius 3 is 3.00 bits per heavy atom. The normalized spacial score (nSPS) is 23.8. The van der Waals surface area contributed by atoms with Crippen LogP contribution >= 0.6 is 0 Å². The topological polar surface area (TPSA) is 64.3 Å². The predicted molar refractivity (Wildman–Crippen MR) is 67.0 cm³/mol. The van der Waals surface area contributed by atoms with Gasteiger partial charge in [-0.05, 0) is 32.4 Å². The smallest absolute Gasteiger partial charge is 0.151 e. The van der Waals surface area contributed by atoms with Crippen LogP contribution in [0.3, 0.4) is 0 Å². The van der Waals surface area contributed by atoms with Crippen molar-refractivity contribution in [3.63, 3.8) is 0 Å². The fraction of sp³-hybridized carbons (Fsp3) is 0.667. The largest absolute Gasteiger partial charge is 0.367 e. The Hall–Kier alpha value is -1.20. The molecular weight excluding hydrogens is 216 g/mol. The van der Waals surface area contributed by atoms with Crippen LogP contribution in [0.4, 0.5) is 5.82 Å². The molecule has 2 N–H and O–H groups in total. The van der Waals surface area contributed by atoms with Crippen LogP contribution in [-0.2, 0) is 4.74 Å². The first kappa shape index (κ1) is 12.3. The number of hydrogen-bond donors (Lipinski definition) is 1. The van der Waals surface area contributed by atoms with Crippen molar-refractivity contribution >= 4 is 5.82 Å². The number of hydrogen-bond acceptors (Lipinski definition) is 5. The molecule has 1 unspecified atom stereocenters. The maximum Gasteiger partial charge on any atom is 0.151 e. The van der Waals surface area contributed by atoms with Crippen LogP contribution in [0.2, 0.25) is 0 Å². The van der Waals surface area contributed by atoms with Crippen molar-refractivity contribution in [3.8, 4) is 0 Å². The molecule has 5 nitrogen and oxygen atoms in total. The van der Waals surface area contributed by atoms with E-state index < -0.39 is 0 Å². The van der Waals surface area contributed by atoms with Gasteiger partial charge in [-0.1, -0.05) is 0 Å². The molecular formula is C12H20N4O. The summed E-state index contributed by atoms with van der Waals surface area (Å²) in [4.78, 5) is 2.20. The molecule has 0 bridgehead atoms. The minimum absolute atomic E-state index is 0.0565. The molecule has 1 aliphatic heterocycles. The molecule has 1 atom stereocenters. The molecule has 1 aliphatic rings. The first-order chi connectivity index (χ1) is 8.00. The van der Waals surface area contributed by atoms with Crippen LogP contribution in [0.15, 0.2) is 12.3 Å². The number of nitrogens with zero attached hydrogens (tertiary/aromatic N) is 3. The lowest BCUT2D eigenvalue weighted by Crippen LogP contribution is -2.55. The summed E-state index contributed by atoms with van der Waals surface area (Å²) >= 11 is 0. The third kappa shape index (κ3) is 2.92. The fourth-order valence-electron chi connectivity index (χ4n) is 2.20. The van der Waals surface area contributed by atoms with E-state index in [1.54, 1.807) is 6.20 Å². The van der Waals surface area contributed by atoms with Crippen molar-refractivity contribution in [3.05, 3.63) is 17.8 Å². The molecule has 0 saturated carbocycles. The van der Waals surface area contributed by atoms with Gasteiger partial charge in [-0.2, -0.15) is 5.10 Å². The van der Waals surface area contributed by atoms with E-state index in [1.165, 1.54) is 0 Å². The van der Waals surface area contributed by atoms with Gasteiger partial charge in [0.1, 0.15) is 0 Å². The summed E-state index contributed by atoms with van der Waals surface area (Å²) in [5.74, 6) is 0.903. The van der Waals surface area contributed by atoms with E-state index in [0.29, 0.717) is 6.54 Å². The van der Waals surface area contributed by atoms with E-state index in [0.717, 1.165) is 24.5 Å². The summed E-state index contributed by atoms with van der Waals surface area (Å²) in [5, 5.41) is 8.17. The number of nitrogens with two attached hydrogens (primary N) is 1. The summed E-state index contributed by atoms with van der Waals surface area (Å²) < 4.78 is 5.89. The second-order valence-corrected chi connectivity index (χ2v) is 5.21. The highest BCUT2D eigenvalue weighted by atomic mass is 16.5. The Bertz CT molecular complexity index is 394. The molecule has 1 saturated heterocycles. The maximum atomic E-state index is 5.89. The maximum absolute atomic E-state index is 5.89. The van der Waals surface area contributed by atoms with E-state index in [-0.39, 0.29) is 11.7 Å². The highest BCUT2D eigenvalue weighted by Gasteiger charge is 2.33. The van der Waals surface area contributed by atoms with Gasteiger partial charge in [0, 0.05) is 19.6 Å². The second-order valence-electron chi connectivity index (χ2n) is 5.21. The van der Waals surface area contributed by atoms with E-state index in [2.05, 4.69) is 28.9 Å². The first-order valence-corrected chi connectivity index (χ1v) is 5.92. The van der Waals surface area contributed by atoms with Gasteiger partial charge in [-0.25, -0.2) is 0 Å². The van der Waals surface area contributed by atoms with Gasteiger partial charge < -0.3 is 15.4 Å². The number of ether oxygens (including phenoxy) is 1. The molecule has 94 valence electrons. The van der Waals surface area contributed by atoms with Crippen LogP contribution < -0.4 is 10.6 Å². The van der Waals surface area contributed by atoms with Gasteiger partial charge in [0.05, 0.1) is 17.9 Å². The van der Waals surface area contributed by atoms with E-state index in [1.807, 2.05) is 13.0 Å².